The first-order chi connectivity index (χ1) is 84.4. The zero-order chi connectivity index (χ0) is 138. The van der Waals surface area contributed by atoms with Crippen molar-refractivity contribution in [2.75, 3.05) is 107 Å². The van der Waals surface area contributed by atoms with Crippen molar-refractivity contribution in [1.82, 2.24) is 117 Å². The predicted molar refractivity (Wildman–Crippen MR) is 559 cm³/mol. The number of aryl methyl sites for hydroxylation is 8. The zero-order valence-electron chi connectivity index (χ0n) is 120. The van der Waals surface area contributed by atoms with Crippen LogP contribution >= 0.6 is 0 Å². The van der Waals surface area contributed by atoms with Crippen molar-refractivity contribution >= 4 is 84.2 Å². The maximum absolute atomic E-state index is 13.5. The number of aromatic nitrogens is 16. The smallest absolute Gasteiger partial charge is 0.277 e. The molecule has 0 radical (unpaired) electrons. The largest absolute Gasteiger partial charge is 0.493 e. The number of ether oxygens (including phenoxy) is 4. The van der Waals surface area contributed by atoms with Crippen molar-refractivity contribution in [3.8, 4) is 68.5 Å². The van der Waals surface area contributed by atoms with Crippen LogP contribution in [0.25, 0.3) is 89.7 Å². The van der Waals surface area contributed by atoms with E-state index in [0.717, 1.165) is 36.9 Å². The summed E-state index contributed by atoms with van der Waals surface area (Å²) in [6.45, 7) is -15.6. The van der Waals surface area contributed by atoms with Gasteiger partial charge in [0.25, 0.3) is 22.2 Å². The lowest BCUT2D eigenvalue weighted by Gasteiger charge is -2.19. The average molecular weight is 2110 g/mol. The molecule has 4 aromatic carbocycles. The van der Waals surface area contributed by atoms with Crippen LogP contribution in [0.5, 0.6) is 23.0 Å². The van der Waals surface area contributed by atoms with Crippen LogP contribution in [0.2, 0.25) is 0 Å². The van der Waals surface area contributed by atoms with Crippen LogP contribution in [-0.2, 0) is 93.7 Å². The summed E-state index contributed by atoms with van der Waals surface area (Å²) >= 11 is 0. The minimum Gasteiger partial charge on any atom is -0.493 e. The molecule has 0 spiro atoms. The van der Waals surface area contributed by atoms with E-state index in [1.807, 2.05) is 25.5 Å². The van der Waals surface area contributed by atoms with E-state index in [1.165, 1.54) is 92.8 Å². The highest BCUT2D eigenvalue weighted by Crippen LogP contribution is 2.38. The first-order valence-electron chi connectivity index (χ1n) is 66.6. The lowest BCUT2D eigenvalue weighted by molar-refractivity contribution is 0.297. The Morgan fingerprint density at radius 3 is 0.965 bits per heavy atom. The number of rotatable bonds is 44. The number of likely N-dealkylation sites (tertiary alicyclic amines) is 4. The van der Waals surface area contributed by atoms with E-state index in [-0.39, 0.29) is 174 Å². The van der Waals surface area contributed by atoms with Gasteiger partial charge in [-0.1, -0.05) is 80.7 Å². The van der Waals surface area contributed by atoms with Crippen LogP contribution < -0.4 is 60.1 Å². The fraction of sp³-hybridized carbons (Fsp3) is 0.560. The summed E-state index contributed by atoms with van der Waals surface area (Å²) in [7, 11) is -14.6. The Morgan fingerprint density at radius 2 is 0.660 bits per heavy atom. The summed E-state index contributed by atoms with van der Waals surface area (Å²) < 4.78 is 459. The molecule has 0 amide bonds. The van der Waals surface area contributed by atoms with Gasteiger partial charge in [-0.25, -0.2) is 72.5 Å². The third-order valence-corrected chi connectivity index (χ3v) is 29.0. The Kier molecular flexibility index (Phi) is 23.5. The van der Waals surface area contributed by atoms with Crippen molar-refractivity contribution in [2.45, 2.75) is 253 Å². The number of fused-ring (bicyclic) bond motifs is 4. The topological polar surface area (TPSA) is 489 Å². The Balaban J connectivity index is 0.000000199. The lowest BCUT2D eigenvalue weighted by atomic mass is 10.1. The summed E-state index contributed by atoms with van der Waals surface area (Å²) in [6.07, 6.45) is -11.3. The predicted octanol–water partition coefficient (Wildman–Crippen LogP) is 11.3. The molecular weight excluding hydrogens is 1920 g/mol. The van der Waals surface area contributed by atoms with Gasteiger partial charge < -0.3 is 58.5 Å². The highest BCUT2D eigenvalue weighted by molar-refractivity contribution is 7.90. The summed E-state index contributed by atoms with van der Waals surface area (Å²) in [5, 5.41) is 15.9. The molecule has 44 heteroatoms. The minimum atomic E-state index is -4.66. The maximum atomic E-state index is 13.5. The molecule has 4 aliphatic heterocycles. The standard InChI is InChI=1S/4C25H36N6O4S/c4*1-5-8-20-22-23(31(4)29-20)25(32)28-24(27-22)19-16-18(10-11-21(19)35-15-6-2)36(33,34)26-13-12-17-9-7-14-30(17)3/h4*10-11,16-17,26H,5-9,12-15H2,1-4H3,(H,27,28,32)/i3D3,4D3,5D2,8D2,13D2;3D3,4D3,5D2,8D2,13D;1D3,3D3,5D2,13D;1D3,3D3,5D2. The van der Waals surface area contributed by atoms with Crippen molar-refractivity contribution in [3.05, 3.63) is 137 Å². The molecule has 0 saturated carbocycles. The number of aromatic amines is 4. The first kappa shape index (κ1) is 67.7. The second-order valence-corrected chi connectivity index (χ2v) is 40.7. The van der Waals surface area contributed by atoms with Gasteiger partial charge in [-0.05, 0) is 255 Å². The molecule has 8 N–H and O–H groups in total. The molecule has 0 aliphatic carbocycles. The van der Waals surface area contributed by atoms with Crippen molar-refractivity contribution in [1.29, 1.82) is 0 Å². The van der Waals surface area contributed by atoms with Gasteiger partial charge in [0.1, 0.15) is 68.4 Å². The fourth-order valence-electron chi connectivity index (χ4n) is 16.5. The Labute approximate surface area is 899 Å². The van der Waals surface area contributed by atoms with E-state index < -0.39 is 257 Å². The molecule has 784 valence electrons. The second-order valence-electron chi connectivity index (χ2n) is 33.8. The highest BCUT2D eigenvalue weighted by atomic mass is 32.2. The number of benzene rings is 4. The van der Waals surface area contributed by atoms with Crippen LogP contribution in [0, 0.1) is 0 Å². The van der Waals surface area contributed by atoms with E-state index in [0.29, 0.717) is 108 Å². The van der Waals surface area contributed by atoms with E-state index in [1.54, 1.807) is 6.92 Å². The van der Waals surface area contributed by atoms with Gasteiger partial charge in [-0.3, -0.25) is 37.9 Å². The molecular formula is C100H144N24O16S4. The van der Waals surface area contributed by atoms with E-state index in [9.17, 15) is 52.8 Å². The Hall–Kier alpha value is -11.0. The number of H-pyrrole nitrogens is 4. The number of hydrogen-bond acceptors (Lipinski definition) is 28. The van der Waals surface area contributed by atoms with E-state index in [4.69, 9.17) is 73.8 Å². The molecule has 16 rings (SSSR count). The van der Waals surface area contributed by atoms with Gasteiger partial charge in [-0.2, -0.15) is 20.4 Å². The zero-order valence-corrected chi connectivity index (χ0v) is 83.6. The molecule has 40 nitrogen and oxygen atoms in total. The molecule has 12 heterocycles. The summed E-state index contributed by atoms with van der Waals surface area (Å²) in [4.78, 5) is 84.5. The number of nitrogens with zero attached hydrogens (tertiary/aromatic N) is 16. The summed E-state index contributed by atoms with van der Waals surface area (Å²) in [6, 6.07) is 12.9. The molecule has 0 bridgehead atoms. The molecule has 4 aliphatic rings. The number of hydrogen-bond donors (Lipinski definition) is 8. The third kappa shape index (κ3) is 26.5. The average Bonchev–Trinajstić information content (AvgIpc) is 1.57. The molecule has 6 unspecified atom stereocenters. The SMILES string of the molecule is [2H]C(CC1CCCN1C([2H])([2H])[2H])NS(=O)(=O)c1ccc(OCCC)c(-c2nc3c(C([2H])([2H])C([2H])([2H])C)nn(C([2H])([2H])[2H])c3c(=O)[nH]2)c1.[2H]C(CC1CCCN1C([2H])([2H])[2H])NS(=O)(=O)c1ccc(OCCC)c(-c2nc3c(CC([2H])([2H])C([2H])([2H])[2H])nn(C)c3c(=O)[nH]2)c1.[2H]C([2H])(CC1CCCN1C([2H])([2H])[2H])NS(=O)(=O)c1ccc(OCCC)c(-c2nc3c(C([2H])([2H])C([2H])([2H])C)nn(C([2H])([2H])[2H])c3c(=O)[nH]2)c1.[2H]C([2H])([2H])N1CCCC1CCNS(=O)(=O)c1ccc(OCCC)c(-c2nc3c(CC([2H])([2H])C([2H])([2H])[2H])nn(C)c3c(=O)[nH]2)c1. The van der Waals surface area contributed by atoms with Gasteiger partial charge in [-0.15, -0.1) is 0 Å². The highest BCUT2D eigenvalue weighted by Gasteiger charge is 2.32. The van der Waals surface area contributed by atoms with Gasteiger partial charge in [0.15, 0.2) is 22.1 Å². The fourth-order valence-corrected chi connectivity index (χ4v) is 20.4. The van der Waals surface area contributed by atoms with Crippen molar-refractivity contribution in [3.63, 3.8) is 0 Å². The maximum Gasteiger partial charge on any atom is 0.277 e. The van der Waals surface area contributed by atoms with E-state index >= 15 is 0 Å². The monoisotopic (exact) mass is 2110 g/mol. The van der Waals surface area contributed by atoms with Gasteiger partial charge in [0.2, 0.25) is 40.1 Å². The molecule has 4 saturated heterocycles. The minimum absolute atomic E-state index is 0.00851. The molecule has 6 atom stereocenters. The third-order valence-electron chi connectivity index (χ3n) is 23.6. The van der Waals surface area contributed by atoms with Crippen LogP contribution in [0.4, 0.5) is 0 Å². The summed E-state index contributed by atoms with van der Waals surface area (Å²) in [5.74, 6) is -0.440. The summed E-state index contributed by atoms with van der Waals surface area (Å²) in [5.41, 5.74) is -7.74. The quantitative estimate of drug-likeness (QED) is 0.0176. The lowest BCUT2D eigenvalue weighted by Crippen LogP contribution is -2.31. The normalized spacial score (nSPS) is 22.7. The first-order valence-corrected chi connectivity index (χ1v) is 52.4. The molecule has 8 aromatic heterocycles. The Morgan fingerprint density at radius 1 is 0.368 bits per heavy atom. The van der Waals surface area contributed by atoms with Crippen molar-refractivity contribution in [2.24, 2.45) is 28.0 Å². The second kappa shape index (κ2) is 49.9. The Bertz CT molecular complexity index is 9030. The van der Waals surface area contributed by atoms with Crippen LogP contribution in [0.3, 0.4) is 0 Å². The van der Waals surface area contributed by atoms with Crippen LogP contribution in [0.1, 0.15) is 261 Å². The molecule has 144 heavy (non-hydrogen) atoms. The molecule has 4 fully saturated rings. The van der Waals surface area contributed by atoms with E-state index in [2.05, 4.69) is 74.4 Å². The van der Waals surface area contributed by atoms with Crippen LogP contribution in [0.15, 0.2) is 112 Å². The van der Waals surface area contributed by atoms with Crippen molar-refractivity contribution < 1.29 is 107 Å². The van der Waals surface area contributed by atoms with Gasteiger partial charge in [0, 0.05) is 133 Å². The van der Waals surface area contributed by atoms with Gasteiger partial charge >= 0.3 is 0 Å². The number of nitrogens with one attached hydrogen (secondary N) is 8. The van der Waals surface area contributed by atoms with Gasteiger partial charge in [0.05, 0.1) is 91.0 Å². The van der Waals surface area contributed by atoms with Crippen LogP contribution in [-0.4, -0.2) is 263 Å². The number of sulfonamides is 4. The molecule has 12 aromatic rings.